The Morgan fingerprint density at radius 1 is 1.33 bits per heavy atom. The van der Waals surface area contributed by atoms with Gasteiger partial charge in [0.2, 0.25) is 0 Å². The van der Waals surface area contributed by atoms with Gasteiger partial charge in [0.15, 0.2) is 5.69 Å². The first-order valence-electron chi connectivity index (χ1n) is 6.85. The van der Waals surface area contributed by atoms with Gasteiger partial charge in [0.1, 0.15) is 10.8 Å². The number of rotatable bonds is 4. The maximum Gasteiger partial charge on any atom is 0.355 e. The van der Waals surface area contributed by atoms with E-state index in [2.05, 4.69) is 15.6 Å². The zero-order chi connectivity index (χ0) is 14.4. The Morgan fingerprint density at radius 2 is 2.14 bits per heavy atom. The zero-order valence-corrected chi connectivity index (χ0v) is 12.0. The van der Waals surface area contributed by atoms with Crippen LogP contribution < -0.4 is 0 Å². The Hall–Kier alpha value is -2.21. The number of carboxylic acid groups (broad SMARTS) is 1. The molecule has 0 saturated heterocycles. The van der Waals surface area contributed by atoms with Crippen molar-refractivity contribution in [1.29, 1.82) is 0 Å². The predicted molar refractivity (Wildman–Crippen MR) is 79.9 cm³/mol. The zero-order valence-electron chi connectivity index (χ0n) is 11.2. The lowest BCUT2D eigenvalue weighted by Crippen LogP contribution is -2.05. The van der Waals surface area contributed by atoms with E-state index in [-0.39, 0.29) is 5.69 Å². The second-order valence-corrected chi connectivity index (χ2v) is 6.19. The average molecular weight is 299 g/mol. The minimum Gasteiger partial charge on any atom is -0.476 e. The third-order valence-electron chi connectivity index (χ3n) is 3.69. The van der Waals surface area contributed by atoms with Crippen molar-refractivity contribution in [2.75, 3.05) is 0 Å². The van der Waals surface area contributed by atoms with Crippen LogP contribution in [0.1, 0.15) is 40.1 Å². The Morgan fingerprint density at radius 3 is 2.86 bits per heavy atom. The molecule has 1 aliphatic rings. The molecule has 1 saturated carbocycles. The number of fused-ring (bicyclic) bond motifs is 1. The fraction of sp³-hybridized carbons (Fsp3) is 0.267. The quantitative estimate of drug-likeness (QED) is 0.803. The summed E-state index contributed by atoms with van der Waals surface area (Å²) in [6.45, 7) is 0.588. The van der Waals surface area contributed by atoms with Gasteiger partial charge in [-0.05, 0) is 25.0 Å². The van der Waals surface area contributed by atoms with Crippen molar-refractivity contribution < 1.29 is 9.90 Å². The molecule has 1 aromatic carbocycles. The lowest BCUT2D eigenvalue weighted by Gasteiger charge is -2.06. The Kier molecular flexibility index (Phi) is 2.78. The van der Waals surface area contributed by atoms with E-state index in [1.807, 2.05) is 18.2 Å². The van der Waals surface area contributed by atoms with Crippen LogP contribution in [0.25, 0.3) is 11.0 Å². The number of para-hydroxylation sites is 2. The molecule has 0 aliphatic heterocycles. The summed E-state index contributed by atoms with van der Waals surface area (Å²) in [5.41, 5.74) is 2.20. The van der Waals surface area contributed by atoms with Gasteiger partial charge in [0.05, 0.1) is 17.6 Å². The fourth-order valence-corrected chi connectivity index (χ4v) is 3.29. The van der Waals surface area contributed by atoms with Gasteiger partial charge in [-0.25, -0.2) is 14.8 Å². The smallest absolute Gasteiger partial charge is 0.355 e. The molecule has 106 valence electrons. The number of aromatic carboxylic acids is 1. The summed E-state index contributed by atoms with van der Waals surface area (Å²) in [5.74, 6) is 0.662. The number of aromatic nitrogens is 3. The monoisotopic (exact) mass is 299 g/mol. The standard InChI is InChI=1S/C15H13N3O2S/c19-15(20)11-8-21-13(16-11)7-18-12-4-2-1-3-10(12)17-14(18)9-5-6-9/h1-4,8-9H,5-7H2,(H,19,20). The molecular formula is C15H13N3O2S. The van der Waals surface area contributed by atoms with Crippen molar-refractivity contribution in [2.24, 2.45) is 0 Å². The van der Waals surface area contributed by atoms with Crippen molar-refractivity contribution in [3.05, 3.63) is 46.2 Å². The Labute approximate surface area is 124 Å². The van der Waals surface area contributed by atoms with Crippen LogP contribution in [0.2, 0.25) is 0 Å². The van der Waals surface area contributed by atoms with Crippen molar-refractivity contribution in [1.82, 2.24) is 14.5 Å². The number of thiazole rings is 1. The second kappa shape index (κ2) is 4.66. The van der Waals surface area contributed by atoms with E-state index in [0.29, 0.717) is 12.5 Å². The van der Waals surface area contributed by atoms with E-state index in [9.17, 15) is 4.79 Å². The van der Waals surface area contributed by atoms with Crippen molar-refractivity contribution in [3.63, 3.8) is 0 Å². The summed E-state index contributed by atoms with van der Waals surface area (Å²) in [7, 11) is 0. The number of hydrogen-bond acceptors (Lipinski definition) is 4. The number of nitrogens with zero attached hydrogens (tertiary/aromatic N) is 3. The van der Waals surface area contributed by atoms with E-state index in [4.69, 9.17) is 10.1 Å². The molecule has 0 atom stereocenters. The van der Waals surface area contributed by atoms with Gasteiger partial charge in [-0.15, -0.1) is 11.3 Å². The van der Waals surface area contributed by atoms with Crippen LogP contribution in [0.3, 0.4) is 0 Å². The van der Waals surface area contributed by atoms with Crippen LogP contribution in [0, 0.1) is 0 Å². The Bertz CT molecular complexity index is 832. The number of carboxylic acids is 1. The minimum absolute atomic E-state index is 0.118. The van der Waals surface area contributed by atoms with Crippen LogP contribution in [-0.4, -0.2) is 25.6 Å². The SMILES string of the molecule is O=C(O)c1csc(Cn2c(C3CC3)nc3ccccc32)n1. The largest absolute Gasteiger partial charge is 0.476 e. The lowest BCUT2D eigenvalue weighted by molar-refractivity contribution is 0.0691. The molecule has 0 spiro atoms. The van der Waals surface area contributed by atoms with Crippen molar-refractivity contribution in [2.45, 2.75) is 25.3 Å². The van der Waals surface area contributed by atoms with E-state index in [1.165, 1.54) is 24.2 Å². The second-order valence-electron chi connectivity index (χ2n) is 5.25. The normalized spacial score (nSPS) is 14.7. The van der Waals surface area contributed by atoms with Gasteiger partial charge < -0.3 is 9.67 Å². The Balaban J connectivity index is 1.77. The summed E-state index contributed by atoms with van der Waals surface area (Å²) in [6, 6.07) is 8.06. The first-order chi connectivity index (χ1) is 10.2. The van der Waals surface area contributed by atoms with Gasteiger partial charge >= 0.3 is 5.97 Å². The maximum absolute atomic E-state index is 10.9. The van der Waals surface area contributed by atoms with Gasteiger partial charge in [-0.1, -0.05) is 12.1 Å². The van der Waals surface area contributed by atoms with Gasteiger partial charge in [0.25, 0.3) is 0 Å². The summed E-state index contributed by atoms with van der Waals surface area (Å²) in [4.78, 5) is 19.9. The minimum atomic E-state index is -0.976. The van der Waals surface area contributed by atoms with E-state index in [0.717, 1.165) is 21.9 Å². The lowest BCUT2D eigenvalue weighted by atomic mass is 10.3. The van der Waals surface area contributed by atoms with Crippen LogP contribution >= 0.6 is 11.3 Å². The summed E-state index contributed by atoms with van der Waals surface area (Å²) < 4.78 is 2.18. The highest BCUT2D eigenvalue weighted by Crippen LogP contribution is 2.40. The molecule has 0 radical (unpaired) electrons. The predicted octanol–water partition coefficient (Wildman–Crippen LogP) is 3.12. The number of benzene rings is 1. The van der Waals surface area contributed by atoms with E-state index < -0.39 is 5.97 Å². The molecule has 6 heteroatoms. The molecular weight excluding hydrogens is 286 g/mol. The van der Waals surface area contributed by atoms with Crippen molar-refractivity contribution in [3.8, 4) is 0 Å². The summed E-state index contributed by atoms with van der Waals surface area (Å²) in [5, 5.41) is 11.4. The highest BCUT2D eigenvalue weighted by molar-refractivity contribution is 7.09. The topological polar surface area (TPSA) is 68.0 Å². The first kappa shape index (κ1) is 12.5. The van der Waals surface area contributed by atoms with Crippen LogP contribution in [0.5, 0.6) is 0 Å². The summed E-state index contributed by atoms with van der Waals surface area (Å²) in [6.07, 6.45) is 2.36. The highest BCUT2D eigenvalue weighted by Gasteiger charge is 2.29. The van der Waals surface area contributed by atoms with Gasteiger partial charge in [-0.3, -0.25) is 0 Å². The van der Waals surface area contributed by atoms with Crippen LogP contribution in [0.4, 0.5) is 0 Å². The van der Waals surface area contributed by atoms with Crippen LogP contribution in [0.15, 0.2) is 29.6 Å². The number of carbonyl (C=O) groups is 1. The van der Waals surface area contributed by atoms with E-state index in [1.54, 1.807) is 5.38 Å². The highest BCUT2D eigenvalue weighted by atomic mass is 32.1. The van der Waals surface area contributed by atoms with Gasteiger partial charge in [-0.2, -0.15) is 0 Å². The molecule has 1 aliphatic carbocycles. The summed E-state index contributed by atoms with van der Waals surface area (Å²) >= 11 is 1.38. The molecule has 0 amide bonds. The molecule has 21 heavy (non-hydrogen) atoms. The molecule has 1 N–H and O–H groups in total. The van der Waals surface area contributed by atoms with E-state index >= 15 is 0 Å². The third kappa shape index (κ3) is 2.21. The first-order valence-corrected chi connectivity index (χ1v) is 7.73. The number of hydrogen-bond donors (Lipinski definition) is 1. The molecule has 4 rings (SSSR count). The third-order valence-corrected chi connectivity index (χ3v) is 4.52. The van der Waals surface area contributed by atoms with Crippen molar-refractivity contribution >= 4 is 28.3 Å². The average Bonchev–Trinajstić information content (AvgIpc) is 3.10. The maximum atomic E-state index is 10.9. The van der Waals surface area contributed by atoms with Crippen LogP contribution in [-0.2, 0) is 6.54 Å². The fourth-order valence-electron chi connectivity index (χ4n) is 2.53. The van der Waals surface area contributed by atoms with Gasteiger partial charge in [0, 0.05) is 11.3 Å². The molecule has 5 nitrogen and oxygen atoms in total. The molecule has 2 aromatic heterocycles. The molecule has 0 bridgehead atoms. The molecule has 0 unspecified atom stereocenters. The molecule has 1 fully saturated rings. The molecule has 2 heterocycles. The number of imidazole rings is 1. The molecule has 3 aromatic rings.